The van der Waals surface area contributed by atoms with Crippen molar-refractivity contribution in [3.05, 3.63) is 71.7 Å². The second-order valence-corrected chi connectivity index (χ2v) is 9.70. The third-order valence-corrected chi connectivity index (χ3v) is 6.24. The number of rotatable bonds is 10. The van der Waals surface area contributed by atoms with Crippen LogP contribution in [-0.4, -0.2) is 58.6 Å². The third kappa shape index (κ3) is 5.89. The van der Waals surface area contributed by atoms with Gasteiger partial charge in [-0.25, -0.2) is 13.9 Å². The average Bonchev–Trinajstić information content (AvgIpc) is 3.56. The lowest BCUT2D eigenvalue weighted by Crippen LogP contribution is -2.26. The van der Waals surface area contributed by atoms with Gasteiger partial charge in [-0.2, -0.15) is 0 Å². The van der Waals surface area contributed by atoms with Crippen LogP contribution < -0.4 is 15.4 Å². The molecule has 0 bridgehead atoms. The van der Waals surface area contributed by atoms with Crippen molar-refractivity contribution in [2.75, 3.05) is 32.5 Å². The van der Waals surface area contributed by atoms with Crippen LogP contribution in [0.2, 0.25) is 0 Å². The summed E-state index contributed by atoms with van der Waals surface area (Å²) in [4.78, 5) is 19.4. The fraction of sp³-hybridized carbons (Fsp3) is 0.321. The van der Waals surface area contributed by atoms with Gasteiger partial charge in [0.25, 0.3) is 5.91 Å². The van der Waals surface area contributed by atoms with Crippen molar-refractivity contribution in [2.24, 2.45) is 0 Å². The number of carbonyl (C=O) groups excluding carboxylic acids is 1. The maximum Gasteiger partial charge on any atom is 0.251 e. The van der Waals surface area contributed by atoms with Gasteiger partial charge >= 0.3 is 0 Å². The Bertz CT molecular complexity index is 1430. The Morgan fingerprint density at radius 2 is 2.03 bits per heavy atom. The molecular weight excluding hydrogens is 471 g/mol. The van der Waals surface area contributed by atoms with Gasteiger partial charge in [-0.15, -0.1) is 5.10 Å². The number of nitrogens with zero attached hydrogens (tertiary/aromatic N) is 4. The quantitative estimate of drug-likeness (QED) is 0.301. The molecule has 0 radical (unpaired) electrons. The summed E-state index contributed by atoms with van der Waals surface area (Å²) < 4.78 is 21.4. The van der Waals surface area contributed by atoms with Crippen LogP contribution >= 0.6 is 0 Å². The molecule has 4 aromatic rings. The van der Waals surface area contributed by atoms with E-state index in [-0.39, 0.29) is 11.7 Å². The first-order chi connectivity index (χ1) is 17.9. The number of nitrogens with one attached hydrogen (secondary N) is 2. The smallest absolute Gasteiger partial charge is 0.251 e. The predicted molar refractivity (Wildman–Crippen MR) is 142 cm³/mol. The SMILES string of the molecule is Cc1cc(-c2cnc3c(NCCCN(C)C)cc(Oc4cccc(F)c4)nn23)ccc1C(=O)NC1CC1. The van der Waals surface area contributed by atoms with Gasteiger partial charge in [0, 0.05) is 35.8 Å². The zero-order valence-corrected chi connectivity index (χ0v) is 21.3. The Kier molecular flexibility index (Phi) is 7.05. The van der Waals surface area contributed by atoms with Gasteiger partial charge in [0.05, 0.1) is 17.6 Å². The standard InChI is InChI=1S/C28H31FN6O2/c1-18-14-19(8-11-23(18)28(36)32-21-9-10-21)25-17-31-27-24(30-12-5-13-34(2)3)16-26(33-35(25)27)37-22-7-4-6-20(29)15-22/h4,6-8,11,14-17,21,30H,5,9-10,12-13H2,1-3H3,(H,32,36). The monoisotopic (exact) mass is 502 g/mol. The first kappa shape index (κ1) is 24.7. The molecule has 2 aromatic carbocycles. The molecule has 5 rings (SSSR count). The van der Waals surface area contributed by atoms with E-state index in [1.807, 2.05) is 39.2 Å². The normalized spacial score (nSPS) is 13.2. The van der Waals surface area contributed by atoms with E-state index < -0.39 is 0 Å². The minimum Gasteiger partial charge on any atom is -0.437 e. The number of benzene rings is 2. The maximum atomic E-state index is 13.7. The van der Waals surface area contributed by atoms with Crippen LogP contribution in [0.5, 0.6) is 11.6 Å². The van der Waals surface area contributed by atoms with Gasteiger partial charge in [-0.1, -0.05) is 12.1 Å². The fourth-order valence-electron chi connectivity index (χ4n) is 4.16. The summed E-state index contributed by atoms with van der Waals surface area (Å²) in [6.07, 6.45) is 4.79. The number of ether oxygens (including phenoxy) is 1. The molecule has 0 spiro atoms. The number of amides is 1. The number of halogens is 1. The van der Waals surface area contributed by atoms with Crippen molar-refractivity contribution in [1.82, 2.24) is 24.8 Å². The van der Waals surface area contributed by atoms with Gasteiger partial charge in [-0.05, 0) is 76.7 Å². The first-order valence-electron chi connectivity index (χ1n) is 12.5. The van der Waals surface area contributed by atoms with Gasteiger partial charge in [0.15, 0.2) is 5.65 Å². The lowest BCUT2D eigenvalue weighted by Gasteiger charge is -2.13. The molecule has 9 heteroatoms. The Hall–Kier alpha value is -3.98. The summed E-state index contributed by atoms with van der Waals surface area (Å²) in [7, 11) is 4.08. The van der Waals surface area contributed by atoms with Crippen LogP contribution in [0.1, 0.15) is 35.2 Å². The van der Waals surface area contributed by atoms with Gasteiger partial charge in [-0.3, -0.25) is 4.79 Å². The maximum absolute atomic E-state index is 13.7. The molecule has 2 heterocycles. The molecule has 0 saturated heterocycles. The van der Waals surface area contributed by atoms with Crippen molar-refractivity contribution < 1.29 is 13.9 Å². The molecule has 1 amide bonds. The summed E-state index contributed by atoms with van der Waals surface area (Å²) in [6.45, 7) is 3.61. The number of imidazole rings is 1. The van der Waals surface area contributed by atoms with E-state index in [9.17, 15) is 9.18 Å². The molecule has 0 atom stereocenters. The Morgan fingerprint density at radius 3 is 2.76 bits per heavy atom. The Labute approximate surface area is 215 Å². The summed E-state index contributed by atoms with van der Waals surface area (Å²) in [6, 6.07) is 13.8. The Morgan fingerprint density at radius 1 is 1.19 bits per heavy atom. The van der Waals surface area contributed by atoms with Crippen molar-refractivity contribution in [1.29, 1.82) is 0 Å². The molecule has 8 nitrogen and oxygen atoms in total. The highest BCUT2D eigenvalue weighted by Crippen LogP contribution is 2.30. The fourth-order valence-corrected chi connectivity index (χ4v) is 4.16. The van der Waals surface area contributed by atoms with E-state index in [2.05, 4.69) is 25.6 Å². The highest BCUT2D eigenvalue weighted by molar-refractivity contribution is 5.96. The lowest BCUT2D eigenvalue weighted by molar-refractivity contribution is 0.0950. The van der Waals surface area contributed by atoms with E-state index in [0.717, 1.165) is 54.9 Å². The first-order valence-corrected chi connectivity index (χ1v) is 12.5. The van der Waals surface area contributed by atoms with E-state index >= 15 is 0 Å². The largest absolute Gasteiger partial charge is 0.437 e. The number of carbonyl (C=O) groups is 1. The van der Waals surface area contributed by atoms with Gasteiger partial charge in [0.1, 0.15) is 11.6 Å². The van der Waals surface area contributed by atoms with Crippen LogP contribution in [0.25, 0.3) is 16.9 Å². The number of fused-ring (bicyclic) bond motifs is 1. The van der Waals surface area contributed by atoms with E-state index in [1.54, 1.807) is 28.9 Å². The van der Waals surface area contributed by atoms with Crippen LogP contribution in [-0.2, 0) is 0 Å². The van der Waals surface area contributed by atoms with Gasteiger partial charge in [0.2, 0.25) is 5.88 Å². The van der Waals surface area contributed by atoms with E-state index in [4.69, 9.17) is 4.74 Å². The molecule has 0 aliphatic heterocycles. The second-order valence-electron chi connectivity index (χ2n) is 9.70. The molecule has 0 unspecified atom stereocenters. The molecule has 37 heavy (non-hydrogen) atoms. The third-order valence-electron chi connectivity index (χ3n) is 6.24. The minimum absolute atomic E-state index is 0.0437. The molecule has 1 fully saturated rings. The molecule has 1 aliphatic rings. The summed E-state index contributed by atoms with van der Waals surface area (Å²) in [5.41, 5.74) is 4.59. The van der Waals surface area contributed by atoms with Crippen LogP contribution in [0.3, 0.4) is 0 Å². The summed E-state index contributed by atoms with van der Waals surface area (Å²) >= 11 is 0. The van der Waals surface area contributed by atoms with Crippen LogP contribution in [0.4, 0.5) is 10.1 Å². The lowest BCUT2D eigenvalue weighted by atomic mass is 10.0. The number of aryl methyl sites for hydroxylation is 1. The molecule has 1 aliphatic carbocycles. The number of anilines is 1. The molecule has 1 saturated carbocycles. The number of aromatic nitrogens is 3. The Balaban J connectivity index is 1.49. The van der Waals surface area contributed by atoms with Crippen molar-refractivity contribution in [2.45, 2.75) is 32.2 Å². The van der Waals surface area contributed by atoms with Crippen molar-refractivity contribution in [3.8, 4) is 22.9 Å². The molecule has 2 aromatic heterocycles. The average molecular weight is 503 g/mol. The van der Waals surface area contributed by atoms with Crippen LogP contribution in [0.15, 0.2) is 54.7 Å². The number of hydrogen-bond donors (Lipinski definition) is 2. The highest BCUT2D eigenvalue weighted by atomic mass is 19.1. The summed E-state index contributed by atoms with van der Waals surface area (Å²) in [5.74, 6) is 0.238. The number of hydrogen-bond acceptors (Lipinski definition) is 6. The predicted octanol–water partition coefficient (Wildman–Crippen LogP) is 4.89. The zero-order chi connectivity index (χ0) is 25.9. The molecule has 192 valence electrons. The highest BCUT2D eigenvalue weighted by Gasteiger charge is 2.24. The van der Waals surface area contributed by atoms with E-state index in [0.29, 0.717) is 28.9 Å². The molecular formula is C28H31FN6O2. The zero-order valence-electron chi connectivity index (χ0n) is 21.3. The topological polar surface area (TPSA) is 83.8 Å². The minimum atomic E-state index is -0.384. The van der Waals surface area contributed by atoms with Gasteiger partial charge < -0.3 is 20.3 Å². The molecule has 2 N–H and O–H groups in total. The second kappa shape index (κ2) is 10.6. The van der Waals surface area contributed by atoms with Crippen LogP contribution in [0, 0.1) is 12.7 Å². The van der Waals surface area contributed by atoms with Crippen molar-refractivity contribution in [3.63, 3.8) is 0 Å². The van der Waals surface area contributed by atoms with E-state index in [1.165, 1.54) is 12.1 Å². The van der Waals surface area contributed by atoms with Crippen molar-refractivity contribution >= 4 is 17.2 Å². The summed E-state index contributed by atoms with van der Waals surface area (Å²) in [5, 5.41) is 11.2.